The van der Waals surface area contributed by atoms with Gasteiger partial charge < -0.3 is 10.4 Å². The molecule has 2 N–H and O–H groups in total. The van der Waals surface area contributed by atoms with Crippen LogP contribution in [0.15, 0.2) is 30.3 Å². The standard InChI is InChI=1S/C16H19N3O3/c1-10(2)14-9-13(18-19(14)3)16(22)17-12-6-4-5-11(7-12)8-15(20)21/h4-7,9-10H,8H2,1-3H3,(H,17,22)(H,20,21). The minimum atomic E-state index is -0.908. The van der Waals surface area contributed by atoms with Crippen molar-refractivity contribution < 1.29 is 14.7 Å². The topological polar surface area (TPSA) is 84.2 Å². The Hall–Kier alpha value is -2.63. The molecule has 0 saturated heterocycles. The van der Waals surface area contributed by atoms with Crippen LogP contribution in [0.5, 0.6) is 0 Å². The van der Waals surface area contributed by atoms with Gasteiger partial charge in [-0.1, -0.05) is 26.0 Å². The van der Waals surface area contributed by atoms with Gasteiger partial charge in [0.15, 0.2) is 5.69 Å². The second-order valence-corrected chi connectivity index (χ2v) is 5.46. The minimum absolute atomic E-state index is 0.0786. The van der Waals surface area contributed by atoms with Crippen LogP contribution in [0.4, 0.5) is 5.69 Å². The Labute approximate surface area is 128 Å². The molecule has 0 fully saturated rings. The third-order valence-corrected chi connectivity index (χ3v) is 3.28. The number of carboxylic acid groups (broad SMARTS) is 1. The summed E-state index contributed by atoms with van der Waals surface area (Å²) in [6.07, 6.45) is -0.0786. The lowest BCUT2D eigenvalue weighted by atomic mass is 10.1. The Morgan fingerprint density at radius 1 is 1.32 bits per heavy atom. The van der Waals surface area contributed by atoms with Crippen molar-refractivity contribution in [2.45, 2.75) is 26.2 Å². The van der Waals surface area contributed by atoms with Crippen molar-refractivity contribution in [1.82, 2.24) is 9.78 Å². The van der Waals surface area contributed by atoms with Crippen molar-refractivity contribution in [2.24, 2.45) is 7.05 Å². The molecule has 2 aromatic rings. The highest BCUT2D eigenvalue weighted by atomic mass is 16.4. The molecule has 0 aliphatic heterocycles. The number of aliphatic carboxylic acids is 1. The molecule has 0 aliphatic carbocycles. The summed E-state index contributed by atoms with van der Waals surface area (Å²) in [6.45, 7) is 4.07. The number of carbonyl (C=O) groups is 2. The fourth-order valence-corrected chi connectivity index (χ4v) is 2.26. The van der Waals surface area contributed by atoms with Crippen molar-refractivity contribution in [1.29, 1.82) is 0 Å². The van der Waals surface area contributed by atoms with E-state index in [0.717, 1.165) is 5.69 Å². The van der Waals surface area contributed by atoms with Gasteiger partial charge in [-0.3, -0.25) is 14.3 Å². The molecular formula is C16H19N3O3. The Balaban J connectivity index is 2.15. The number of carbonyl (C=O) groups excluding carboxylic acids is 1. The van der Waals surface area contributed by atoms with E-state index in [-0.39, 0.29) is 18.2 Å². The molecule has 0 saturated carbocycles. The first-order valence-electron chi connectivity index (χ1n) is 7.03. The number of benzene rings is 1. The zero-order valence-corrected chi connectivity index (χ0v) is 12.8. The van der Waals surface area contributed by atoms with Crippen molar-refractivity contribution in [3.63, 3.8) is 0 Å². The molecule has 0 radical (unpaired) electrons. The van der Waals surface area contributed by atoms with Crippen LogP contribution in [-0.2, 0) is 18.3 Å². The van der Waals surface area contributed by atoms with Crippen LogP contribution in [0.1, 0.15) is 41.5 Å². The van der Waals surface area contributed by atoms with Crippen molar-refractivity contribution in [2.75, 3.05) is 5.32 Å². The first-order valence-corrected chi connectivity index (χ1v) is 7.03. The molecule has 6 nitrogen and oxygen atoms in total. The largest absolute Gasteiger partial charge is 0.481 e. The van der Waals surface area contributed by atoms with Crippen LogP contribution in [-0.4, -0.2) is 26.8 Å². The molecule has 116 valence electrons. The summed E-state index contributed by atoms with van der Waals surface area (Å²) in [6, 6.07) is 8.56. The third-order valence-electron chi connectivity index (χ3n) is 3.28. The lowest BCUT2D eigenvalue weighted by Gasteiger charge is -2.05. The normalized spacial score (nSPS) is 10.7. The molecule has 1 aromatic heterocycles. The third kappa shape index (κ3) is 3.72. The SMILES string of the molecule is CC(C)c1cc(C(=O)Nc2cccc(CC(=O)O)c2)nn1C. The highest BCUT2D eigenvalue weighted by molar-refractivity contribution is 6.03. The summed E-state index contributed by atoms with van der Waals surface area (Å²) < 4.78 is 1.69. The van der Waals surface area contributed by atoms with E-state index in [4.69, 9.17) is 5.11 Å². The van der Waals surface area contributed by atoms with Gasteiger partial charge in [-0.15, -0.1) is 0 Å². The summed E-state index contributed by atoms with van der Waals surface area (Å²) >= 11 is 0. The number of carboxylic acids is 1. The van der Waals surface area contributed by atoms with E-state index < -0.39 is 5.97 Å². The molecule has 1 heterocycles. The lowest BCUT2D eigenvalue weighted by Crippen LogP contribution is -2.13. The number of amides is 1. The highest BCUT2D eigenvalue weighted by Crippen LogP contribution is 2.17. The van der Waals surface area contributed by atoms with Crippen LogP contribution in [0.25, 0.3) is 0 Å². The summed E-state index contributed by atoms with van der Waals surface area (Å²) in [4.78, 5) is 23.0. The summed E-state index contributed by atoms with van der Waals surface area (Å²) in [5.41, 5.74) is 2.51. The Bertz CT molecular complexity index is 704. The van der Waals surface area contributed by atoms with Gasteiger partial charge in [-0.05, 0) is 29.7 Å². The minimum Gasteiger partial charge on any atom is -0.481 e. The Morgan fingerprint density at radius 3 is 2.64 bits per heavy atom. The van der Waals surface area contributed by atoms with Gasteiger partial charge in [0.25, 0.3) is 5.91 Å². The Kier molecular flexibility index (Phi) is 4.60. The quantitative estimate of drug-likeness (QED) is 0.888. The number of nitrogens with zero attached hydrogens (tertiary/aromatic N) is 2. The zero-order chi connectivity index (χ0) is 16.3. The second-order valence-electron chi connectivity index (χ2n) is 5.46. The molecule has 0 unspecified atom stereocenters. The average Bonchev–Trinajstić information content (AvgIpc) is 2.80. The van der Waals surface area contributed by atoms with E-state index in [9.17, 15) is 9.59 Å². The maximum atomic E-state index is 12.2. The van der Waals surface area contributed by atoms with Crippen molar-refractivity contribution >= 4 is 17.6 Å². The van der Waals surface area contributed by atoms with Gasteiger partial charge in [-0.25, -0.2) is 0 Å². The molecule has 0 spiro atoms. The lowest BCUT2D eigenvalue weighted by molar-refractivity contribution is -0.136. The maximum absolute atomic E-state index is 12.2. The van der Waals surface area contributed by atoms with Gasteiger partial charge in [0, 0.05) is 18.4 Å². The van der Waals surface area contributed by atoms with Gasteiger partial charge in [-0.2, -0.15) is 5.10 Å². The molecule has 6 heteroatoms. The predicted molar refractivity (Wildman–Crippen MR) is 83.0 cm³/mol. The number of aromatic nitrogens is 2. The van der Waals surface area contributed by atoms with Gasteiger partial charge in [0.2, 0.25) is 0 Å². The van der Waals surface area contributed by atoms with Crippen molar-refractivity contribution in [3.8, 4) is 0 Å². The number of rotatable bonds is 5. The van der Waals surface area contributed by atoms with E-state index in [1.807, 2.05) is 13.8 Å². The van der Waals surface area contributed by atoms with Crippen LogP contribution in [0.3, 0.4) is 0 Å². The monoisotopic (exact) mass is 301 g/mol. The van der Waals surface area contributed by atoms with E-state index in [2.05, 4.69) is 10.4 Å². The van der Waals surface area contributed by atoms with E-state index in [0.29, 0.717) is 16.9 Å². The Morgan fingerprint density at radius 2 is 2.05 bits per heavy atom. The number of aryl methyl sites for hydroxylation is 1. The first kappa shape index (κ1) is 15.8. The molecule has 22 heavy (non-hydrogen) atoms. The number of nitrogens with one attached hydrogen (secondary N) is 1. The molecule has 2 rings (SSSR count). The molecular weight excluding hydrogens is 282 g/mol. The maximum Gasteiger partial charge on any atom is 0.307 e. The van der Waals surface area contributed by atoms with Gasteiger partial charge in [0.05, 0.1) is 6.42 Å². The number of anilines is 1. The average molecular weight is 301 g/mol. The van der Waals surface area contributed by atoms with Crippen LogP contribution < -0.4 is 5.32 Å². The number of hydrogen-bond acceptors (Lipinski definition) is 3. The summed E-state index contributed by atoms with van der Waals surface area (Å²) in [7, 11) is 1.81. The zero-order valence-electron chi connectivity index (χ0n) is 12.8. The number of hydrogen-bond donors (Lipinski definition) is 2. The fourth-order valence-electron chi connectivity index (χ4n) is 2.26. The molecule has 1 aromatic carbocycles. The summed E-state index contributed by atoms with van der Waals surface area (Å²) in [5, 5.41) is 15.8. The smallest absolute Gasteiger partial charge is 0.307 e. The molecule has 0 atom stereocenters. The van der Waals surface area contributed by atoms with Crippen LogP contribution >= 0.6 is 0 Å². The highest BCUT2D eigenvalue weighted by Gasteiger charge is 2.15. The second kappa shape index (κ2) is 6.43. The predicted octanol–water partition coefficient (Wildman–Crippen LogP) is 2.42. The molecule has 0 bridgehead atoms. The van der Waals surface area contributed by atoms with Crippen LogP contribution in [0, 0.1) is 0 Å². The van der Waals surface area contributed by atoms with Crippen LogP contribution in [0.2, 0.25) is 0 Å². The first-order chi connectivity index (χ1) is 10.4. The summed E-state index contributed by atoms with van der Waals surface area (Å²) in [5.74, 6) is -0.942. The van der Waals surface area contributed by atoms with E-state index in [1.165, 1.54) is 0 Å². The molecule has 0 aliphatic rings. The fraction of sp³-hybridized carbons (Fsp3) is 0.312. The van der Waals surface area contributed by atoms with Gasteiger partial charge in [0.1, 0.15) is 0 Å². The van der Waals surface area contributed by atoms with E-state index in [1.54, 1.807) is 42.1 Å². The van der Waals surface area contributed by atoms with Crippen molar-refractivity contribution in [3.05, 3.63) is 47.3 Å². The molecule has 1 amide bonds. The van der Waals surface area contributed by atoms with Gasteiger partial charge >= 0.3 is 5.97 Å². The van der Waals surface area contributed by atoms with E-state index >= 15 is 0 Å².